The van der Waals surface area contributed by atoms with Gasteiger partial charge in [-0.3, -0.25) is 14.4 Å². The van der Waals surface area contributed by atoms with Gasteiger partial charge in [-0.05, 0) is 43.9 Å². The Hall–Kier alpha value is -2.61. The van der Waals surface area contributed by atoms with Crippen molar-refractivity contribution < 1.29 is 23.9 Å². The monoisotopic (exact) mass is 443 g/mol. The summed E-state index contributed by atoms with van der Waals surface area (Å²) in [6.45, 7) is 1.73. The van der Waals surface area contributed by atoms with Crippen LogP contribution in [0.5, 0.6) is 5.75 Å². The number of nitrogens with one attached hydrogen (secondary N) is 2. The third-order valence-electron chi connectivity index (χ3n) is 6.72. The van der Waals surface area contributed by atoms with Gasteiger partial charge in [0, 0.05) is 25.7 Å². The second-order valence-corrected chi connectivity index (χ2v) is 9.17. The Kier molecular flexibility index (Phi) is 6.98. The van der Waals surface area contributed by atoms with E-state index in [0.717, 1.165) is 25.7 Å². The molecule has 8 heteroatoms. The summed E-state index contributed by atoms with van der Waals surface area (Å²) < 4.78 is 12.2. The van der Waals surface area contributed by atoms with Crippen molar-refractivity contribution in [3.8, 4) is 5.75 Å². The van der Waals surface area contributed by atoms with Crippen LogP contribution in [-0.2, 0) is 14.3 Å². The molecule has 1 saturated carbocycles. The van der Waals surface area contributed by atoms with Gasteiger partial charge in [-0.15, -0.1) is 0 Å². The van der Waals surface area contributed by atoms with Crippen LogP contribution < -0.4 is 15.4 Å². The largest absolute Gasteiger partial charge is 0.490 e. The van der Waals surface area contributed by atoms with E-state index in [-0.39, 0.29) is 36.0 Å². The third kappa shape index (κ3) is 5.23. The van der Waals surface area contributed by atoms with Crippen LogP contribution in [-0.4, -0.2) is 60.6 Å². The topological polar surface area (TPSA) is 97.0 Å². The van der Waals surface area contributed by atoms with E-state index >= 15 is 0 Å². The Morgan fingerprint density at radius 2 is 1.91 bits per heavy atom. The zero-order chi connectivity index (χ0) is 22.7. The lowest BCUT2D eigenvalue weighted by molar-refractivity contribution is -0.134. The summed E-state index contributed by atoms with van der Waals surface area (Å²) in [4.78, 5) is 38.8. The number of hydrogen-bond acceptors (Lipinski definition) is 5. The molecule has 3 amide bonds. The molecule has 4 rings (SSSR count). The van der Waals surface area contributed by atoms with Crippen molar-refractivity contribution in [3.05, 3.63) is 23.8 Å². The highest BCUT2D eigenvalue weighted by molar-refractivity contribution is 5.99. The molecule has 174 valence electrons. The maximum Gasteiger partial charge on any atom is 0.257 e. The second kappa shape index (κ2) is 9.90. The second-order valence-electron chi connectivity index (χ2n) is 9.17. The summed E-state index contributed by atoms with van der Waals surface area (Å²) in [5.41, 5.74) is 0.980. The molecule has 1 aliphatic carbocycles. The number of amides is 3. The van der Waals surface area contributed by atoms with Gasteiger partial charge in [-0.1, -0.05) is 19.3 Å². The standard InChI is InChI=1S/C24H33N3O5/c1-15(28)25-17-8-11-21-19(12-17)24(30)27(2)20-10-9-18(32-22(20)14-31-21)13-23(29)26-16-6-4-3-5-7-16/h8,11-12,16,18,20,22H,3-7,9-10,13-14H2,1-2H3,(H,25,28)(H,26,29)/t18-,20-,22+/m1/s1. The summed E-state index contributed by atoms with van der Waals surface area (Å²) in [6, 6.07) is 5.23. The van der Waals surface area contributed by atoms with Crippen molar-refractivity contribution in [1.29, 1.82) is 0 Å². The fourth-order valence-corrected chi connectivity index (χ4v) is 5.05. The Labute approximate surface area is 189 Å². The molecule has 0 bridgehead atoms. The Morgan fingerprint density at radius 3 is 2.66 bits per heavy atom. The molecule has 2 fully saturated rings. The Bertz CT molecular complexity index is 867. The van der Waals surface area contributed by atoms with Gasteiger partial charge >= 0.3 is 0 Å². The maximum atomic E-state index is 13.2. The van der Waals surface area contributed by atoms with Crippen LogP contribution in [0.25, 0.3) is 0 Å². The molecule has 0 radical (unpaired) electrons. The van der Waals surface area contributed by atoms with Crippen LogP contribution in [0.4, 0.5) is 5.69 Å². The molecule has 2 aliphatic heterocycles. The van der Waals surface area contributed by atoms with Crippen molar-refractivity contribution >= 4 is 23.4 Å². The molecular weight excluding hydrogens is 410 g/mol. The van der Waals surface area contributed by atoms with Crippen molar-refractivity contribution in [2.45, 2.75) is 82.6 Å². The van der Waals surface area contributed by atoms with Crippen molar-refractivity contribution in [1.82, 2.24) is 10.2 Å². The molecule has 0 unspecified atom stereocenters. The lowest BCUT2D eigenvalue weighted by Gasteiger charge is -2.42. The number of fused-ring (bicyclic) bond motifs is 2. The van der Waals surface area contributed by atoms with Gasteiger partial charge in [0.2, 0.25) is 11.8 Å². The fraction of sp³-hybridized carbons (Fsp3) is 0.625. The summed E-state index contributed by atoms with van der Waals surface area (Å²) in [6.07, 6.45) is 7.08. The van der Waals surface area contributed by atoms with E-state index < -0.39 is 0 Å². The van der Waals surface area contributed by atoms with Crippen LogP contribution in [0, 0.1) is 0 Å². The number of rotatable bonds is 4. The molecule has 2 heterocycles. The van der Waals surface area contributed by atoms with Gasteiger partial charge in [0.05, 0.1) is 24.1 Å². The molecule has 0 spiro atoms. The fourth-order valence-electron chi connectivity index (χ4n) is 5.05. The molecule has 8 nitrogen and oxygen atoms in total. The molecule has 32 heavy (non-hydrogen) atoms. The lowest BCUT2D eigenvalue weighted by atomic mass is 9.93. The van der Waals surface area contributed by atoms with Crippen LogP contribution >= 0.6 is 0 Å². The highest BCUT2D eigenvalue weighted by atomic mass is 16.5. The molecule has 3 atom stereocenters. The molecule has 3 aliphatic rings. The molecule has 2 N–H and O–H groups in total. The number of carbonyl (C=O) groups excluding carboxylic acids is 3. The van der Waals surface area contributed by atoms with Crippen LogP contribution in [0.15, 0.2) is 18.2 Å². The average Bonchev–Trinajstić information content (AvgIpc) is 2.77. The smallest absolute Gasteiger partial charge is 0.257 e. The SMILES string of the molecule is CC(=O)Nc1ccc2c(c1)C(=O)N(C)[C@@H]1CC[C@H](CC(=O)NC3CCCCC3)O[C@H]1CO2. The molecular formula is C24H33N3O5. The number of likely N-dealkylation sites (N-methyl/N-ethyl adjacent to an activating group) is 1. The third-order valence-corrected chi connectivity index (χ3v) is 6.72. The predicted octanol–water partition coefficient (Wildman–Crippen LogP) is 2.86. The average molecular weight is 444 g/mol. The minimum Gasteiger partial charge on any atom is -0.490 e. The Morgan fingerprint density at radius 1 is 1.12 bits per heavy atom. The first-order valence-electron chi connectivity index (χ1n) is 11.7. The van der Waals surface area contributed by atoms with E-state index in [1.807, 2.05) is 0 Å². The van der Waals surface area contributed by atoms with Gasteiger partial charge in [0.1, 0.15) is 18.5 Å². The highest BCUT2D eigenvalue weighted by Crippen LogP contribution is 2.32. The summed E-state index contributed by atoms with van der Waals surface area (Å²) in [5, 5.41) is 5.87. The van der Waals surface area contributed by atoms with Crippen molar-refractivity contribution in [3.63, 3.8) is 0 Å². The predicted molar refractivity (Wildman–Crippen MR) is 120 cm³/mol. The van der Waals surface area contributed by atoms with Crippen LogP contribution in [0.1, 0.15) is 68.6 Å². The lowest BCUT2D eigenvalue weighted by Crippen LogP contribution is -2.54. The summed E-state index contributed by atoms with van der Waals surface area (Å²) in [7, 11) is 1.78. The molecule has 0 aromatic heterocycles. The number of nitrogens with zero attached hydrogens (tertiary/aromatic N) is 1. The van der Waals surface area contributed by atoms with Crippen LogP contribution in [0.3, 0.4) is 0 Å². The normalized spacial score (nSPS) is 26.1. The van der Waals surface area contributed by atoms with Gasteiger partial charge in [0.15, 0.2) is 0 Å². The van der Waals surface area contributed by atoms with Crippen molar-refractivity contribution in [2.75, 3.05) is 19.0 Å². The molecule has 1 aromatic rings. The van der Waals surface area contributed by atoms with E-state index in [2.05, 4.69) is 10.6 Å². The van der Waals surface area contributed by atoms with E-state index in [1.54, 1.807) is 30.1 Å². The molecule has 1 saturated heterocycles. The van der Waals surface area contributed by atoms with E-state index in [1.165, 1.54) is 26.2 Å². The maximum absolute atomic E-state index is 13.2. The zero-order valence-electron chi connectivity index (χ0n) is 18.9. The van der Waals surface area contributed by atoms with Gasteiger partial charge in [-0.2, -0.15) is 0 Å². The van der Waals surface area contributed by atoms with Gasteiger partial charge in [-0.25, -0.2) is 0 Å². The van der Waals surface area contributed by atoms with Crippen LogP contribution in [0.2, 0.25) is 0 Å². The van der Waals surface area contributed by atoms with E-state index in [0.29, 0.717) is 36.1 Å². The van der Waals surface area contributed by atoms with E-state index in [4.69, 9.17) is 9.47 Å². The minimum absolute atomic E-state index is 0.0485. The van der Waals surface area contributed by atoms with Gasteiger partial charge < -0.3 is 25.0 Å². The Balaban J connectivity index is 1.40. The number of hydrogen-bond donors (Lipinski definition) is 2. The first-order valence-corrected chi connectivity index (χ1v) is 11.7. The van der Waals surface area contributed by atoms with Gasteiger partial charge in [0.25, 0.3) is 5.91 Å². The number of ether oxygens (including phenoxy) is 2. The number of benzene rings is 1. The summed E-state index contributed by atoms with van der Waals surface area (Å²) in [5.74, 6) is 0.151. The highest BCUT2D eigenvalue weighted by Gasteiger charge is 2.39. The number of carbonyl (C=O) groups is 3. The number of anilines is 1. The first kappa shape index (κ1) is 22.6. The summed E-state index contributed by atoms with van der Waals surface area (Å²) >= 11 is 0. The van der Waals surface area contributed by atoms with Crippen molar-refractivity contribution in [2.24, 2.45) is 0 Å². The first-order chi connectivity index (χ1) is 15.4. The minimum atomic E-state index is -0.298. The molecule has 1 aromatic carbocycles. The quantitative estimate of drug-likeness (QED) is 0.746. The zero-order valence-corrected chi connectivity index (χ0v) is 18.9. The van der Waals surface area contributed by atoms with E-state index in [9.17, 15) is 14.4 Å².